The second kappa shape index (κ2) is 5.93. The molecule has 0 fully saturated rings. The van der Waals surface area contributed by atoms with Crippen molar-refractivity contribution < 1.29 is 9.90 Å². The van der Waals surface area contributed by atoms with Crippen molar-refractivity contribution in [2.75, 3.05) is 0 Å². The third-order valence-corrected chi connectivity index (χ3v) is 4.23. The van der Waals surface area contributed by atoms with Crippen LogP contribution < -0.4 is 0 Å². The second-order valence-electron chi connectivity index (χ2n) is 5.94. The third kappa shape index (κ3) is 2.87. The van der Waals surface area contributed by atoms with Crippen LogP contribution in [0, 0.1) is 5.92 Å². The fraction of sp³-hybridized carbons (Fsp3) is 0.278. The summed E-state index contributed by atoms with van der Waals surface area (Å²) >= 11 is 0. The average Bonchev–Trinajstić information content (AvgIpc) is 2.79. The Hall–Kier alpha value is -2.53. The molecule has 0 radical (unpaired) electrons. The summed E-state index contributed by atoms with van der Waals surface area (Å²) in [6.45, 7) is 3.48. The Kier molecular flexibility index (Phi) is 3.96. The van der Waals surface area contributed by atoms with Crippen molar-refractivity contribution in [3.63, 3.8) is 0 Å². The molecule has 5 nitrogen and oxygen atoms in total. The lowest BCUT2D eigenvalue weighted by molar-refractivity contribution is -0.0824. The molecule has 1 aromatic heterocycles. The van der Waals surface area contributed by atoms with Crippen molar-refractivity contribution in [1.29, 1.82) is 0 Å². The summed E-state index contributed by atoms with van der Waals surface area (Å²) < 4.78 is 0. The summed E-state index contributed by atoms with van der Waals surface area (Å²) in [5.41, 5.74) is 0.885. The van der Waals surface area contributed by atoms with Crippen LogP contribution in [-0.4, -0.2) is 32.4 Å². The standard InChI is InChI=1S/C18H19N3O2/c1-13-16(11-14-7-4-3-5-8-14)18(2,23)21(20-13)17(22)15-9-6-10-19-12-15/h3-10,12,16,23H,11H2,1-2H3/t16-,18+/m0/s1. The van der Waals surface area contributed by atoms with Crippen LogP contribution in [0.2, 0.25) is 0 Å². The molecule has 118 valence electrons. The van der Waals surface area contributed by atoms with Gasteiger partial charge in [0.05, 0.1) is 11.5 Å². The smallest absolute Gasteiger partial charge is 0.278 e. The number of amides is 1. The van der Waals surface area contributed by atoms with E-state index < -0.39 is 5.72 Å². The predicted octanol–water partition coefficient (Wildman–Crippen LogP) is 2.48. The van der Waals surface area contributed by atoms with Gasteiger partial charge in [-0.3, -0.25) is 9.78 Å². The van der Waals surface area contributed by atoms with Crippen LogP contribution in [-0.2, 0) is 6.42 Å². The van der Waals surface area contributed by atoms with Crippen molar-refractivity contribution in [2.45, 2.75) is 26.0 Å². The van der Waals surface area contributed by atoms with E-state index in [1.807, 2.05) is 37.3 Å². The minimum absolute atomic E-state index is 0.245. The van der Waals surface area contributed by atoms with Gasteiger partial charge in [-0.15, -0.1) is 0 Å². The van der Waals surface area contributed by atoms with Gasteiger partial charge in [-0.05, 0) is 38.0 Å². The van der Waals surface area contributed by atoms with Crippen LogP contribution in [0.3, 0.4) is 0 Å². The number of hydrazone groups is 1. The largest absolute Gasteiger partial charge is 0.369 e. The van der Waals surface area contributed by atoms with Gasteiger partial charge in [0.1, 0.15) is 0 Å². The van der Waals surface area contributed by atoms with Crippen molar-refractivity contribution in [1.82, 2.24) is 9.99 Å². The molecular formula is C18H19N3O2. The van der Waals surface area contributed by atoms with Gasteiger partial charge < -0.3 is 5.11 Å². The van der Waals surface area contributed by atoms with Gasteiger partial charge in [-0.2, -0.15) is 10.1 Å². The first-order valence-electron chi connectivity index (χ1n) is 7.56. The molecule has 1 N–H and O–H groups in total. The normalized spacial score (nSPS) is 23.7. The van der Waals surface area contributed by atoms with E-state index in [1.165, 1.54) is 11.2 Å². The number of hydrogen-bond acceptors (Lipinski definition) is 4. The molecule has 0 spiro atoms. The van der Waals surface area contributed by atoms with Crippen molar-refractivity contribution in [3.05, 3.63) is 66.0 Å². The number of pyridine rings is 1. The van der Waals surface area contributed by atoms with Crippen molar-refractivity contribution >= 4 is 11.6 Å². The highest BCUT2D eigenvalue weighted by molar-refractivity contribution is 5.98. The summed E-state index contributed by atoms with van der Waals surface area (Å²) in [4.78, 5) is 16.6. The fourth-order valence-electron chi connectivity index (χ4n) is 2.93. The number of carbonyl (C=O) groups is 1. The second-order valence-corrected chi connectivity index (χ2v) is 5.94. The van der Waals surface area contributed by atoms with Crippen molar-refractivity contribution in [3.8, 4) is 0 Å². The Morgan fingerprint density at radius 1 is 1.26 bits per heavy atom. The molecule has 0 unspecified atom stereocenters. The molecule has 23 heavy (non-hydrogen) atoms. The molecule has 2 atom stereocenters. The highest BCUT2D eigenvalue weighted by Gasteiger charge is 2.47. The maximum absolute atomic E-state index is 12.6. The Morgan fingerprint density at radius 3 is 2.65 bits per heavy atom. The summed E-state index contributed by atoms with van der Waals surface area (Å²) in [6, 6.07) is 13.3. The predicted molar refractivity (Wildman–Crippen MR) is 87.8 cm³/mol. The van der Waals surface area contributed by atoms with Crippen LogP contribution in [0.4, 0.5) is 0 Å². The molecule has 1 aliphatic rings. The van der Waals surface area contributed by atoms with E-state index in [1.54, 1.807) is 25.3 Å². The lowest BCUT2D eigenvalue weighted by atomic mass is 9.87. The third-order valence-electron chi connectivity index (χ3n) is 4.23. The minimum atomic E-state index is -1.37. The van der Waals surface area contributed by atoms with E-state index in [9.17, 15) is 9.90 Å². The zero-order valence-electron chi connectivity index (χ0n) is 13.2. The van der Waals surface area contributed by atoms with Crippen LogP contribution in [0.25, 0.3) is 0 Å². The topological polar surface area (TPSA) is 65.8 Å². The molecule has 2 heterocycles. The van der Waals surface area contributed by atoms with Crippen LogP contribution >= 0.6 is 0 Å². The molecule has 0 bridgehead atoms. The minimum Gasteiger partial charge on any atom is -0.369 e. The first kappa shape index (κ1) is 15.4. The Morgan fingerprint density at radius 2 is 2.00 bits per heavy atom. The first-order chi connectivity index (χ1) is 11.0. The van der Waals surface area contributed by atoms with Crippen LogP contribution in [0.5, 0.6) is 0 Å². The highest BCUT2D eigenvalue weighted by atomic mass is 16.3. The molecule has 1 amide bonds. The van der Waals surface area contributed by atoms with Crippen LogP contribution in [0.15, 0.2) is 60.0 Å². The van der Waals surface area contributed by atoms with E-state index in [-0.39, 0.29) is 11.8 Å². The summed E-state index contributed by atoms with van der Waals surface area (Å²) in [6.07, 6.45) is 3.71. The van der Waals surface area contributed by atoms with Gasteiger partial charge in [0.2, 0.25) is 0 Å². The molecule has 1 aromatic carbocycles. The van der Waals surface area contributed by atoms with E-state index in [0.29, 0.717) is 12.0 Å². The van der Waals surface area contributed by atoms with E-state index in [0.717, 1.165) is 11.3 Å². The SMILES string of the molecule is CC1=NN(C(=O)c2cccnc2)[C@](C)(O)[C@H]1Cc1ccccc1. The van der Waals surface area contributed by atoms with Gasteiger partial charge >= 0.3 is 0 Å². The summed E-state index contributed by atoms with van der Waals surface area (Å²) in [5.74, 6) is -0.594. The monoisotopic (exact) mass is 309 g/mol. The van der Waals surface area contributed by atoms with E-state index in [2.05, 4.69) is 10.1 Å². The molecular weight excluding hydrogens is 290 g/mol. The van der Waals surface area contributed by atoms with Crippen LogP contribution in [0.1, 0.15) is 29.8 Å². The average molecular weight is 309 g/mol. The lowest BCUT2D eigenvalue weighted by Gasteiger charge is -2.32. The molecule has 3 rings (SSSR count). The fourth-order valence-corrected chi connectivity index (χ4v) is 2.93. The highest BCUT2D eigenvalue weighted by Crippen LogP contribution is 2.34. The van der Waals surface area contributed by atoms with Gasteiger partial charge in [-0.1, -0.05) is 30.3 Å². The van der Waals surface area contributed by atoms with Gasteiger partial charge in [0, 0.05) is 18.1 Å². The quantitative estimate of drug-likeness (QED) is 0.947. The van der Waals surface area contributed by atoms with Gasteiger partial charge in [-0.25, -0.2) is 0 Å². The lowest BCUT2D eigenvalue weighted by Crippen LogP contribution is -2.49. The maximum atomic E-state index is 12.6. The van der Waals surface area contributed by atoms with Crippen molar-refractivity contribution in [2.24, 2.45) is 11.0 Å². The molecule has 1 aliphatic heterocycles. The molecule has 2 aromatic rings. The first-order valence-corrected chi connectivity index (χ1v) is 7.56. The summed E-state index contributed by atoms with van der Waals surface area (Å²) in [7, 11) is 0. The molecule has 0 saturated carbocycles. The Balaban J connectivity index is 1.86. The van der Waals surface area contributed by atoms with Gasteiger partial charge in [0.15, 0.2) is 5.72 Å². The molecule has 0 saturated heterocycles. The molecule has 0 aliphatic carbocycles. The zero-order valence-corrected chi connectivity index (χ0v) is 13.2. The number of nitrogens with zero attached hydrogens (tertiary/aromatic N) is 3. The number of benzene rings is 1. The van der Waals surface area contributed by atoms with E-state index in [4.69, 9.17) is 0 Å². The number of rotatable bonds is 3. The number of aliphatic hydroxyl groups is 1. The zero-order chi connectivity index (χ0) is 16.4. The number of aromatic nitrogens is 1. The number of hydrogen-bond donors (Lipinski definition) is 1. The summed E-state index contributed by atoms with van der Waals surface area (Å²) in [5, 5.41) is 16.4. The number of carbonyl (C=O) groups excluding carboxylic acids is 1. The Bertz CT molecular complexity index is 726. The Labute approximate surface area is 135 Å². The maximum Gasteiger partial charge on any atom is 0.278 e. The van der Waals surface area contributed by atoms with Gasteiger partial charge in [0.25, 0.3) is 5.91 Å². The molecule has 5 heteroatoms. The van der Waals surface area contributed by atoms with E-state index >= 15 is 0 Å².